The lowest BCUT2D eigenvalue weighted by atomic mass is 10.2. The van der Waals surface area contributed by atoms with Gasteiger partial charge in [-0.1, -0.05) is 23.7 Å². The fraction of sp³-hybridized carbons (Fsp3) is 0. The lowest BCUT2D eigenvalue weighted by Crippen LogP contribution is -2.14. The zero-order valence-corrected chi connectivity index (χ0v) is 11.5. The minimum Gasteiger partial charge on any atom is -0.277 e. The summed E-state index contributed by atoms with van der Waals surface area (Å²) in [6.45, 7) is 0. The fourth-order valence-corrected chi connectivity index (χ4v) is 2.80. The molecule has 0 spiro atoms. The third kappa shape index (κ3) is 2.90. The molecule has 0 heterocycles. The molecule has 0 aliphatic heterocycles. The highest BCUT2D eigenvalue weighted by atomic mass is 35.5. The summed E-state index contributed by atoms with van der Waals surface area (Å²) >= 11 is 5.58. The van der Waals surface area contributed by atoms with E-state index in [1.54, 1.807) is 0 Å². The minimum absolute atomic E-state index is 0.129. The highest BCUT2D eigenvalue weighted by Crippen LogP contribution is 2.24. The molecule has 0 amide bonds. The van der Waals surface area contributed by atoms with Gasteiger partial charge in [0, 0.05) is 0 Å². The zero-order chi connectivity index (χ0) is 14.8. The molecule has 0 unspecified atom stereocenters. The van der Waals surface area contributed by atoms with Crippen LogP contribution in [0.2, 0.25) is 5.02 Å². The summed E-state index contributed by atoms with van der Waals surface area (Å²) in [5.74, 6) is -0.853. The Hall–Kier alpha value is -2.10. The van der Waals surface area contributed by atoms with Crippen molar-refractivity contribution in [2.24, 2.45) is 0 Å². The van der Waals surface area contributed by atoms with Crippen LogP contribution >= 0.6 is 11.6 Å². The van der Waals surface area contributed by atoms with Gasteiger partial charge in [-0.25, -0.2) is 12.8 Å². The number of sulfonamides is 1. The zero-order valence-electron chi connectivity index (χ0n) is 9.97. The molecule has 2 aromatic carbocycles. The van der Waals surface area contributed by atoms with Crippen LogP contribution in [0.4, 0.5) is 10.1 Å². The third-order valence-corrected chi connectivity index (χ3v) is 4.12. The molecular weight excluding hydrogens is 303 g/mol. The Labute approximate surface area is 120 Å². The Morgan fingerprint density at radius 3 is 2.60 bits per heavy atom. The standard InChI is InChI=1S/C13H8ClFN2O2S/c14-11-5-2-6-12(13(11)15)17-20(18,19)10-4-1-3-9(7-10)8-16/h1-7,17H. The van der Waals surface area contributed by atoms with Crippen molar-refractivity contribution >= 4 is 27.3 Å². The molecule has 0 aliphatic rings. The van der Waals surface area contributed by atoms with Gasteiger partial charge < -0.3 is 0 Å². The summed E-state index contributed by atoms with van der Waals surface area (Å²) in [6.07, 6.45) is 0. The second-order valence-electron chi connectivity index (χ2n) is 3.85. The number of nitriles is 1. The first-order valence-corrected chi connectivity index (χ1v) is 7.27. The highest BCUT2D eigenvalue weighted by molar-refractivity contribution is 7.92. The van der Waals surface area contributed by atoms with Crippen LogP contribution in [0.15, 0.2) is 47.4 Å². The Bertz CT molecular complexity index is 800. The van der Waals surface area contributed by atoms with Gasteiger partial charge in [0.15, 0.2) is 5.82 Å². The Balaban J connectivity index is 2.41. The monoisotopic (exact) mass is 310 g/mol. The maximum absolute atomic E-state index is 13.7. The summed E-state index contributed by atoms with van der Waals surface area (Å²) in [6, 6.07) is 11.2. The van der Waals surface area contributed by atoms with Crippen LogP contribution in [0.25, 0.3) is 0 Å². The van der Waals surface area contributed by atoms with Gasteiger partial charge in [0.05, 0.1) is 27.2 Å². The largest absolute Gasteiger partial charge is 0.277 e. The van der Waals surface area contributed by atoms with Crippen molar-refractivity contribution in [3.63, 3.8) is 0 Å². The molecule has 2 aromatic rings. The number of halogens is 2. The molecule has 0 bridgehead atoms. The fourth-order valence-electron chi connectivity index (χ4n) is 1.52. The average Bonchev–Trinajstić information content (AvgIpc) is 2.44. The molecule has 0 aliphatic carbocycles. The van der Waals surface area contributed by atoms with Crippen LogP contribution in [-0.4, -0.2) is 8.42 Å². The van der Waals surface area contributed by atoms with Gasteiger partial charge in [-0.15, -0.1) is 0 Å². The third-order valence-electron chi connectivity index (χ3n) is 2.47. The van der Waals surface area contributed by atoms with E-state index in [9.17, 15) is 12.8 Å². The lowest BCUT2D eigenvalue weighted by Gasteiger charge is -2.09. The number of hydrogen-bond donors (Lipinski definition) is 1. The number of rotatable bonds is 3. The second kappa shape index (κ2) is 5.49. The maximum atomic E-state index is 13.7. The van der Waals surface area contributed by atoms with E-state index >= 15 is 0 Å². The molecule has 4 nitrogen and oxygen atoms in total. The van der Waals surface area contributed by atoms with E-state index in [-0.39, 0.29) is 21.2 Å². The summed E-state index contributed by atoms with van der Waals surface area (Å²) in [7, 11) is -3.98. The molecule has 0 fully saturated rings. The van der Waals surface area contributed by atoms with E-state index in [0.29, 0.717) is 0 Å². The van der Waals surface area contributed by atoms with Crippen molar-refractivity contribution in [3.8, 4) is 6.07 Å². The summed E-state index contributed by atoms with van der Waals surface area (Å²) in [4.78, 5) is -0.129. The molecule has 102 valence electrons. The molecule has 0 saturated carbocycles. The van der Waals surface area contributed by atoms with Gasteiger partial charge in [-0.3, -0.25) is 4.72 Å². The summed E-state index contributed by atoms with van der Waals surface area (Å²) in [5, 5.41) is 8.57. The van der Waals surface area contributed by atoms with Crippen molar-refractivity contribution < 1.29 is 12.8 Å². The first-order valence-electron chi connectivity index (χ1n) is 5.41. The van der Waals surface area contributed by atoms with E-state index in [2.05, 4.69) is 4.72 Å². The van der Waals surface area contributed by atoms with Gasteiger partial charge in [-0.05, 0) is 30.3 Å². The molecule has 0 saturated heterocycles. The molecule has 20 heavy (non-hydrogen) atoms. The maximum Gasteiger partial charge on any atom is 0.262 e. The lowest BCUT2D eigenvalue weighted by molar-refractivity contribution is 0.598. The van der Waals surface area contributed by atoms with Crippen LogP contribution in [0, 0.1) is 17.1 Å². The van der Waals surface area contributed by atoms with Gasteiger partial charge >= 0.3 is 0 Å². The molecule has 2 rings (SSSR count). The van der Waals surface area contributed by atoms with E-state index < -0.39 is 15.8 Å². The van der Waals surface area contributed by atoms with Gasteiger partial charge in [0.1, 0.15) is 0 Å². The number of hydrogen-bond acceptors (Lipinski definition) is 3. The van der Waals surface area contributed by atoms with Gasteiger partial charge in [0.25, 0.3) is 10.0 Å². The average molecular weight is 311 g/mol. The number of benzene rings is 2. The van der Waals surface area contributed by atoms with Gasteiger partial charge in [-0.2, -0.15) is 5.26 Å². The van der Waals surface area contributed by atoms with E-state index in [4.69, 9.17) is 16.9 Å². The molecule has 0 radical (unpaired) electrons. The Morgan fingerprint density at radius 1 is 1.20 bits per heavy atom. The van der Waals surface area contributed by atoms with Crippen molar-refractivity contribution in [2.45, 2.75) is 4.90 Å². The van der Waals surface area contributed by atoms with Crippen LogP contribution < -0.4 is 4.72 Å². The molecule has 1 N–H and O–H groups in total. The summed E-state index contributed by atoms with van der Waals surface area (Å²) < 4.78 is 40.0. The van der Waals surface area contributed by atoms with Crippen LogP contribution in [0.5, 0.6) is 0 Å². The van der Waals surface area contributed by atoms with Crippen molar-refractivity contribution in [2.75, 3.05) is 4.72 Å². The minimum atomic E-state index is -3.98. The predicted octanol–water partition coefficient (Wildman–Crippen LogP) is 3.15. The normalized spacial score (nSPS) is 10.8. The number of nitrogens with zero attached hydrogens (tertiary/aromatic N) is 1. The smallest absolute Gasteiger partial charge is 0.262 e. The quantitative estimate of drug-likeness (QED) is 0.946. The highest BCUT2D eigenvalue weighted by Gasteiger charge is 2.17. The van der Waals surface area contributed by atoms with E-state index in [0.717, 1.165) is 0 Å². The number of nitrogens with one attached hydrogen (secondary N) is 1. The SMILES string of the molecule is N#Cc1cccc(S(=O)(=O)Nc2cccc(Cl)c2F)c1. The molecule has 7 heteroatoms. The second-order valence-corrected chi connectivity index (χ2v) is 5.94. The molecule has 0 aromatic heterocycles. The van der Waals surface area contributed by atoms with Crippen molar-refractivity contribution in [1.29, 1.82) is 5.26 Å². The van der Waals surface area contributed by atoms with Gasteiger partial charge in [0.2, 0.25) is 0 Å². The Morgan fingerprint density at radius 2 is 1.90 bits per heavy atom. The topological polar surface area (TPSA) is 70.0 Å². The molecular formula is C13H8ClFN2O2S. The van der Waals surface area contributed by atoms with E-state index in [1.165, 1.54) is 42.5 Å². The van der Waals surface area contributed by atoms with Crippen LogP contribution in [0.1, 0.15) is 5.56 Å². The first kappa shape index (κ1) is 14.3. The van der Waals surface area contributed by atoms with E-state index in [1.807, 2.05) is 6.07 Å². The van der Waals surface area contributed by atoms with Crippen molar-refractivity contribution in [3.05, 3.63) is 58.9 Å². The number of anilines is 1. The Kier molecular flexibility index (Phi) is 3.93. The van der Waals surface area contributed by atoms with Crippen molar-refractivity contribution in [1.82, 2.24) is 0 Å². The predicted molar refractivity (Wildman–Crippen MR) is 73.4 cm³/mol. The van der Waals surface area contributed by atoms with Crippen LogP contribution in [-0.2, 0) is 10.0 Å². The van der Waals surface area contributed by atoms with Crippen LogP contribution in [0.3, 0.4) is 0 Å². The molecule has 0 atom stereocenters. The first-order chi connectivity index (χ1) is 9.44. The summed E-state index contributed by atoms with van der Waals surface area (Å²) in [5.41, 5.74) is -0.0562.